The smallest absolute Gasteiger partial charge is 0.335 e. The molecule has 0 radical (unpaired) electrons. The number of benzene rings is 2. The van der Waals surface area contributed by atoms with Gasteiger partial charge in [-0.3, -0.25) is 5.32 Å². The van der Waals surface area contributed by atoms with E-state index in [0.29, 0.717) is 0 Å². The molecule has 3 atom stereocenters. The molecule has 0 bridgehead atoms. The first-order chi connectivity index (χ1) is 12.3. The predicted octanol–water partition coefficient (Wildman–Crippen LogP) is 3.33. The van der Waals surface area contributed by atoms with Crippen LogP contribution in [0, 0.1) is 0 Å². The summed E-state index contributed by atoms with van der Waals surface area (Å²) in [7, 11) is 0. The molecule has 0 saturated carbocycles. The molecule has 2 aromatic carbocycles. The lowest BCUT2D eigenvalue weighted by atomic mass is 9.93. The number of cyclic esters (lactones) is 1. The lowest BCUT2D eigenvalue weighted by Crippen LogP contribution is -2.54. The van der Waals surface area contributed by atoms with Crippen LogP contribution in [0.1, 0.15) is 44.0 Å². The number of hydrogen-bond donors (Lipinski definition) is 1. The monoisotopic (exact) mass is 353 g/mol. The van der Waals surface area contributed by atoms with Gasteiger partial charge < -0.3 is 9.47 Å². The molecule has 1 aliphatic heterocycles. The first-order valence-corrected chi connectivity index (χ1v) is 8.64. The van der Waals surface area contributed by atoms with Gasteiger partial charge >= 0.3 is 11.9 Å². The zero-order valence-electron chi connectivity index (χ0n) is 15.1. The summed E-state index contributed by atoms with van der Waals surface area (Å²) in [5.41, 5.74) is 1.12. The van der Waals surface area contributed by atoms with E-state index in [4.69, 9.17) is 9.47 Å². The molecule has 1 fully saturated rings. The molecule has 1 saturated heterocycles. The van der Waals surface area contributed by atoms with Gasteiger partial charge in [0.1, 0.15) is 11.7 Å². The van der Waals surface area contributed by atoms with Crippen LogP contribution in [-0.4, -0.2) is 23.6 Å². The maximum Gasteiger partial charge on any atom is 0.335 e. The van der Waals surface area contributed by atoms with Gasteiger partial charge in [-0.25, -0.2) is 9.59 Å². The summed E-state index contributed by atoms with van der Waals surface area (Å²) < 4.78 is 11.1. The molecule has 1 heterocycles. The predicted molar refractivity (Wildman–Crippen MR) is 97.2 cm³/mol. The number of carbonyl (C=O) groups is 2. The molecule has 26 heavy (non-hydrogen) atoms. The summed E-state index contributed by atoms with van der Waals surface area (Å²) in [6.45, 7) is 5.29. The molecule has 3 rings (SSSR count). The zero-order chi connectivity index (χ0) is 18.7. The average Bonchev–Trinajstić information content (AvgIpc) is 2.61. The van der Waals surface area contributed by atoms with E-state index >= 15 is 0 Å². The van der Waals surface area contributed by atoms with E-state index in [9.17, 15) is 9.59 Å². The van der Waals surface area contributed by atoms with Gasteiger partial charge in [-0.1, -0.05) is 60.7 Å². The number of nitrogens with one attached hydrogen (secondary N) is 1. The van der Waals surface area contributed by atoms with Crippen LogP contribution in [-0.2, 0) is 19.1 Å². The highest BCUT2D eigenvalue weighted by atomic mass is 16.6. The quantitative estimate of drug-likeness (QED) is 0.677. The number of rotatable bonds is 3. The highest BCUT2D eigenvalue weighted by Crippen LogP contribution is 2.36. The van der Waals surface area contributed by atoms with Crippen molar-refractivity contribution in [3.63, 3.8) is 0 Å². The van der Waals surface area contributed by atoms with Crippen molar-refractivity contribution in [2.24, 2.45) is 0 Å². The maximum atomic E-state index is 12.5. The lowest BCUT2D eigenvalue weighted by Gasteiger charge is -2.37. The minimum absolute atomic E-state index is 0.353. The Labute approximate surface area is 153 Å². The Kier molecular flexibility index (Phi) is 5.09. The molecule has 5 nitrogen and oxygen atoms in total. The Balaban J connectivity index is 1.92. The fraction of sp³-hybridized carbons (Fsp3) is 0.333. The minimum atomic E-state index is -1.15. The van der Waals surface area contributed by atoms with Crippen LogP contribution >= 0.6 is 0 Å². The normalized spacial score (nSPS) is 23.2. The number of ether oxygens (including phenoxy) is 2. The van der Waals surface area contributed by atoms with Crippen LogP contribution < -0.4 is 5.32 Å². The molecule has 2 aromatic rings. The molecule has 3 unspecified atom stereocenters. The van der Waals surface area contributed by atoms with Crippen molar-refractivity contribution in [3.05, 3.63) is 71.8 Å². The van der Waals surface area contributed by atoms with Crippen molar-refractivity contribution in [2.45, 2.75) is 44.6 Å². The molecule has 5 heteroatoms. The third kappa shape index (κ3) is 4.11. The summed E-state index contributed by atoms with van der Waals surface area (Å²) in [6.07, 6.45) is -0.523. The number of morpholine rings is 1. The molecule has 0 aliphatic carbocycles. The van der Waals surface area contributed by atoms with E-state index in [1.54, 1.807) is 20.8 Å². The van der Waals surface area contributed by atoms with Gasteiger partial charge in [-0.15, -0.1) is 0 Å². The fourth-order valence-electron chi connectivity index (χ4n) is 2.96. The summed E-state index contributed by atoms with van der Waals surface area (Å²) in [4.78, 5) is 25.0. The standard InChI is InChI=1S/C21H23NO4/c1-21(2,3)26-20(24)17-19(23)25-18(15-12-8-5-9-13-15)16(22-17)14-10-6-4-7-11-14/h4-13,16-18,22H,1-3H3. The second-order valence-electron chi connectivity index (χ2n) is 7.29. The van der Waals surface area contributed by atoms with Crippen molar-refractivity contribution >= 4 is 11.9 Å². The second kappa shape index (κ2) is 7.30. The maximum absolute atomic E-state index is 12.5. The van der Waals surface area contributed by atoms with Crippen LogP contribution in [0.4, 0.5) is 0 Å². The summed E-state index contributed by atoms with van der Waals surface area (Å²) in [5, 5.41) is 3.14. The Morgan fingerprint density at radius 2 is 1.50 bits per heavy atom. The molecular formula is C21H23NO4. The molecule has 1 N–H and O–H groups in total. The molecule has 0 aromatic heterocycles. The zero-order valence-corrected chi connectivity index (χ0v) is 15.1. The van der Waals surface area contributed by atoms with E-state index in [0.717, 1.165) is 11.1 Å². The Morgan fingerprint density at radius 3 is 2.04 bits per heavy atom. The van der Waals surface area contributed by atoms with Crippen molar-refractivity contribution in [2.75, 3.05) is 0 Å². The second-order valence-corrected chi connectivity index (χ2v) is 7.29. The summed E-state index contributed by atoms with van der Waals surface area (Å²) in [5.74, 6) is -1.25. The fourth-order valence-corrected chi connectivity index (χ4v) is 2.96. The van der Waals surface area contributed by atoms with Crippen LogP contribution in [0.3, 0.4) is 0 Å². The van der Waals surface area contributed by atoms with E-state index < -0.39 is 29.7 Å². The average molecular weight is 353 g/mol. The van der Waals surface area contributed by atoms with Crippen molar-refractivity contribution in [3.8, 4) is 0 Å². The third-order valence-corrected chi connectivity index (χ3v) is 4.06. The van der Waals surface area contributed by atoms with Gasteiger partial charge in [-0.2, -0.15) is 0 Å². The molecule has 0 amide bonds. The van der Waals surface area contributed by atoms with E-state index in [2.05, 4.69) is 5.32 Å². The van der Waals surface area contributed by atoms with E-state index in [1.165, 1.54) is 0 Å². The Hall–Kier alpha value is -2.66. The van der Waals surface area contributed by atoms with Gasteiger partial charge in [0.2, 0.25) is 6.04 Å². The SMILES string of the molecule is CC(C)(C)OC(=O)C1NC(c2ccccc2)C(c2ccccc2)OC1=O. The number of esters is 2. The van der Waals surface area contributed by atoms with Gasteiger partial charge in [0, 0.05) is 0 Å². The molecular weight excluding hydrogens is 330 g/mol. The summed E-state index contributed by atoms with van der Waals surface area (Å²) in [6, 6.07) is 17.6. The highest BCUT2D eigenvalue weighted by Gasteiger charge is 2.43. The largest absolute Gasteiger partial charge is 0.458 e. The summed E-state index contributed by atoms with van der Waals surface area (Å²) >= 11 is 0. The van der Waals surface area contributed by atoms with Gasteiger partial charge in [0.25, 0.3) is 0 Å². The van der Waals surface area contributed by atoms with Crippen molar-refractivity contribution in [1.82, 2.24) is 5.32 Å². The Morgan fingerprint density at radius 1 is 0.962 bits per heavy atom. The molecule has 0 spiro atoms. The van der Waals surface area contributed by atoms with Crippen molar-refractivity contribution < 1.29 is 19.1 Å². The van der Waals surface area contributed by atoms with Gasteiger partial charge in [0.05, 0.1) is 6.04 Å². The molecule has 136 valence electrons. The number of carbonyl (C=O) groups excluding carboxylic acids is 2. The van der Waals surface area contributed by atoms with Crippen LogP contribution in [0.15, 0.2) is 60.7 Å². The van der Waals surface area contributed by atoms with Crippen molar-refractivity contribution in [1.29, 1.82) is 0 Å². The number of hydrogen-bond acceptors (Lipinski definition) is 5. The topological polar surface area (TPSA) is 64.6 Å². The first-order valence-electron chi connectivity index (χ1n) is 8.64. The van der Waals surface area contributed by atoms with Gasteiger partial charge in [-0.05, 0) is 31.9 Å². The van der Waals surface area contributed by atoms with E-state index in [-0.39, 0.29) is 6.04 Å². The van der Waals surface area contributed by atoms with E-state index in [1.807, 2.05) is 60.7 Å². The van der Waals surface area contributed by atoms with Crippen LogP contribution in [0.25, 0.3) is 0 Å². The minimum Gasteiger partial charge on any atom is -0.458 e. The third-order valence-electron chi connectivity index (χ3n) is 4.06. The van der Waals surface area contributed by atoms with Gasteiger partial charge in [0.15, 0.2) is 0 Å². The molecule has 1 aliphatic rings. The Bertz CT molecular complexity index is 768. The highest BCUT2D eigenvalue weighted by molar-refractivity contribution is 6.00. The first kappa shape index (κ1) is 18.1. The lowest BCUT2D eigenvalue weighted by molar-refractivity contribution is -0.175. The van der Waals surface area contributed by atoms with Crippen LogP contribution in [0.5, 0.6) is 0 Å². The van der Waals surface area contributed by atoms with Crippen LogP contribution in [0.2, 0.25) is 0 Å².